The summed E-state index contributed by atoms with van der Waals surface area (Å²) in [5, 5.41) is 2.98. The highest BCUT2D eigenvalue weighted by Crippen LogP contribution is 2.24. The molecule has 1 saturated heterocycles. The fourth-order valence-corrected chi connectivity index (χ4v) is 5.32. The number of nitrogens with zero attached hydrogens (tertiary/aromatic N) is 3. The Morgan fingerprint density at radius 3 is 2.65 bits per heavy atom. The van der Waals surface area contributed by atoms with Gasteiger partial charge in [0.25, 0.3) is 0 Å². The maximum atomic E-state index is 13.0. The number of hydrogen-bond donors (Lipinski definition) is 1. The lowest BCUT2D eigenvalue weighted by molar-refractivity contribution is -0.121. The second kappa shape index (κ2) is 11.1. The van der Waals surface area contributed by atoms with E-state index in [9.17, 15) is 13.2 Å². The summed E-state index contributed by atoms with van der Waals surface area (Å²) in [4.78, 5) is 17.1. The van der Waals surface area contributed by atoms with Crippen molar-refractivity contribution >= 4 is 27.0 Å². The molecule has 0 saturated carbocycles. The first-order valence-corrected chi connectivity index (χ1v) is 12.7. The molecule has 1 aromatic carbocycles. The molecule has 3 rings (SSSR count). The lowest BCUT2D eigenvalue weighted by Gasteiger charge is -2.26. The van der Waals surface area contributed by atoms with E-state index < -0.39 is 10.0 Å². The number of rotatable bonds is 11. The van der Waals surface area contributed by atoms with Gasteiger partial charge in [0.2, 0.25) is 15.9 Å². The number of aromatic nitrogens is 2. The molecule has 0 atom stereocenters. The molecule has 172 valence electrons. The van der Waals surface area contributed by atoms with E-state index in [2.05, 4.69) is 21.8 Å². The Morgan fingerprint density at radius 1 is 1.16 bits per heavy atom. The third kappa shape index (κ3) is 5.84. The summed E-state index contributed by atoms with van der Waals surface area (Å²) in [5.41, 5.74) is 1.53. The monoisotopic (exact) mass is 450 g/mol. The summed E-state index contributed by atoms with van der Waals surface area (Å²) in [5.74, 6) is 0.835. The molecule has 0 spiro atoms. The molecule has 9 heteroatoms. The van der Waals surface area contributed by atoms with E-state index in [1.54, 1.807) is 12.1 Å². The molecular formula is C22H34N4O4S. The van der Waals surface area contributed by atoms with Crippen LogP contribution in [0.4, 0.5) is 0 Å². The molecule has 0 bridgehead atoms. The highest BCUT2D eigenvalue weighted by Gasteiger charge is 2.27. The van der Waals surface area contributed by atoms with Gasteiger partial charge in [0.05, 0.1) is 29.1 Å². The van der Waals surface area contributed by atoms with Crippen LogP contribution in [0.15, 0.2) is 23.1 Å². The van der Waals surface area contributed by atoms with Crippen molar-refractivity contribution in [3.05, 3.63) is 24.0 Å². The normalized spacial score (nSPS) is 15.4. The van der Waals surface area contributed by atoms with Crippen LogP contribution < -0.4 is 5.32 Å². The van der Waals surface area contributed by atoms with Gasteiger partial charge < -0.3 is 14.6 Å². The van der Waals surface area contributed by atoms with Gasteiger partial charge in [0.1, 0.15) is 5.82 Å². The standard InChI is InChI=1S/C22H34N4O4S/c1-3-5-6-7-12-23-22(27)11-10-21-24-19-17-18(8-9-20(19)26(21)4-2)31(28,29)25-13-15-30-16-14-25/h8-9,17H,3-7,10-16H2,1-2H3,(H,23,27). The van der Waals surface area contributed by atoms with Gasteiger partial charge in [0, 0.05) is 39.0 Å². The number of unbranched alkanes of at least 4 members (excludes halogenated alkanes) is 3. The number of carbonyl (C=O) groups is 1. The van der Waals surface area contributed by atoms with E-state index >= 15 is 0 Å². The van der Waals surface area contributed by atoms with E-state index in [1.165, 1.54) is 17.1 Å². The number of fused-ring (bicyclic) bond motifs is 1. The maximum absolute atomic E-state index is 13.0. The molecule has 0 unspecified atom stereocenters. The largest absolute Gasteiger partial charge is 0.379 e. The maximum Gasteiger partial charge on any atom is 0.243 e. The number of morpholine rings is 1. The second-order valence-electron chi connectivity index (χ2n) is 7.85. The Labute approximate surface area is 185 Å². The summed E-state index contributed by atoms with van der Waals surface area (Å²) < 4.78 is 34.7. The minimum atomic E-state index is -3.57. The smallest absolute Gasteiger partial charge is 0.243 e. The van der Waals surface area contributed by atoms with E-state index in [-0.39, 0.29) is 10.8 Å². The summed E-state index contributed by atoms with van der Waals surface area (Å²) in [6.45, 7) is 7.17. The van der Waals surface area contributed by atoms with Crippen molar-refractivity contribution in [1.82, 2.24) is 19.2 Å². The summed E-state index contributed by atoms with van der Waals surface area (Å²) >= 11 is 0. The van der Waals surface area contributed by atoms with Crippen LogP contribution in [-0.4, -0.2) is 61.0 Å². The zero-order valence-electron chi connectivity index (χ0n) is 18.6. The number of carbonyl (C=O) groups excluding carboxylic acids is 1. The molecule has 1 aliphatic heterocycles. The van der Waals surface area contributed by atoms with Crippen molar-refractivity contribution < 1.29 is 17.9 Å². The molecule has 1 aliphatic rings. The Kier molecular flexibility index (Phi) is 8.45. The highest BCUT2D eigenvalue weighted by atomic mass is 32.2. The van der Waals surface area contributed by atoms with Crippen molar-refractivity contribution in [3.63, 3.8) is 0 Å². The number of imidazole rings is 1. The topological polar surface area (TPSA) is 93.5 Å². The number of ether oxygens (including phenoxy) is 1. The zero-order valence-corrected chi connectivity index (χ0v) is 19.4. The Morgan fingerprint density at radius 2 is 1.94 bits per heavy atom. The predicted molar refractivity (Wildman–Crippen MR) is 120 cm³/mol. The average Bonchev–Trinajstić information content (AvgIpc) is 3.14. The van der Waals surface area contributed by atoms with Crippen LogP contribution in [0.1, 0.15) is 51.8 Å². The molecule has 0 radical (unpaired) electrons. The quantitative estimate of drug-likeness (QED) is 0.531. The Balaban J connectivity index is 1.69. The van der Waals surface area contributed by atoms with Crippen LogP contribution in [0.5, 0.6) is 0 Å². The zero-order chi connectivity index (χ0) is 22.3. The molecule has 2 heterocycles. The molecular weight excluding hydrogens is 416 g/mol. The average molecular weight is 451 g/mol. The molecule has 0 aliphatic carbocycles. The first-order valence-electron chi connectivity index (χ1n) is 11.3. The molecule has 1 N–H and O–H groups in total. The van der Waals surface area contributed by atoms with Crippen molar-refractivity contribution in [3.8, 4) is 0 Å². The lowest BCUT2D eigenvalue weighted by Crippen LogP contribution is -2.40. The second-order valence-corrected chi connectivity index (χ2v) is 9.79. The van der Waals surface area contributed by atoms with Crippen LogP contribution in [0, 0.1) is 0 Å². The first-order chi connectivity index (χ1) is 15.0. The number of hydrogen-bond acceptors (Lipinski definition) is 5. The fraction of sp³-hybridized carbons (Fsp3) is 0.636. The van der Waals surface area contributed by atoms with Crippen LogP contribution in [0.25, 0.3) is 11.0 Å². The van der Waals surface area contributed by atoms with Crippen LogP contribution >= 0.6 is 0 Å². The number of amides is 1. The number of nitrogens with one attached hydrogen (secondary N) is 1. The van der Waals surface area contributed by atoms with E-state index in [0.29, 0.717) is 57.8 Å². The van der Waals surface area contributed by atoms with Crippen LogP contribution in [0.3, 0.4) is 0 Å². The van der Waals surface area contributed by atoms with Gasteiger partial charge in [-0.15, -0.1) is 0 Å². The van der Waals surface area contributed by atoms with E-state index in [0.717, 1.165) is 24.2 Å². The van der Waals surface area contributed by atoms with Crippen molar-refractivity contribution in [2.24, 2.45) is 0 Å². The lowest BCUT2D eigenvalue weighted by atomic mass is 10.2. The SMILES string of the molecule is CCCCCCNC(=O)CCc1nc2cc(S(=O)(=O)N3CCOCC3)ccc2n1CC. The van der Waals surface area contributed by atoms with Crippen molar-refractivity contribution in [2.75, 3.05) is 32.8 Å². The Bertz CT molecular complexity index is 981. The van der Waals surface area contributed by atoms with Crippen LogP contribution in [0.2, 0.25) is 0 Å². The number of aryl methyl sites for hydroxylation is 2. The molecule has 1 fully saturated rings. The van der Waals surface area contributed by atoms with E-state index in [4.69, 9.17) is 4.74 Å². The summed E-state index contributed by atoms with van der Waals surface area (Å²) in [6, 6.07) is 5.10. The highest BCUT2D eigenvalue weighted by molar-refractivity contribution is 7.89. The molecule has 2 aromatic rings. The number of benzene rings is 1. The van der Waals surface area contributed by atoms with E-state index in [1.807, 2.05) is 13.0 Å². The van der Waals surface area contributed by atoms with Gasteiger partial charge in [0.15, 0.2) is 0 Å². The molecule has 1 amide bonds. The minimum absolute atomic E-state index is 0.0294. The van der Waals surface area contributed by atoms with Crippen molar-refractivity contribution in [2.45, 2.75) is 63.8 Å². The minimum Gasteiger partial charge on any atom is -0.379 e. The predicted octanol–water partition coefficient (Wildman–Crippen LogP) is 2.71. The third-order valence-electron chi connectivity index (χ3n) is 5.65. The van der Waals surface area contributed by atoms with Gasteiger partial charge in [-0.05, 0) is 31.5 Å². The molecule has 31 heavy (non-hydrogen) atoms. The van der Waals surface area contributed by atoms with Crippen molar-refractivity contribution in [1.29, 1.82) is 0 Å². The molecule has 1 aromatic heterocycles. The van der Waals surface area contributed by atoms with Gasteiger partial charge in [-0.1, -0.05) is 26.2 Å². The van der Waals surface area contributed by atoms with Gasteiger partial charge in [-0.25, -0.2) is 13.4 Å². The number of sulfonamides is 1. The van der Waals surface area contributed by atoms with Gasteiger partial charge >= 0.3 is 0 Å². The van der Waals surface area contributed by atoms with Gasteiger partial charge in [-0.2, -0.15) is 4.31 Å². The van der Waals surface area contributed by atoms with Gasteiger partial charge in [-0.3, -0.25) is 4.79 Å². The first kappa shape index (κ1) is 23.7. The third-order valence-corrected chi connectivity index (χ3v) is 7.55. The summed E-state index contributed by atoms with van der Waals surface area (Å²) in [6.07, 6.45) is 5.41. The van der Waals surface area contributed by atoms with Crippen LogP contribution in [-0.2, 0) is 32.5 Å². The summed E-state index contributed by atoms with van der Waals surface area (Å²) in [7, 11) is -3.57. The molecule has 8 nitrogen and oxygen atoms in total. The fourth-order valence-electron chi connectivity index (χ4n) is 3.89. The Hall–Kier alpha value is -1.97.